The third-order valence-corrected chi connectivity index (χ3v) is 6.97. The van der Waals surface area contributed by atoms with Gasteiger partial charge in [0.15, 0.2) is 16.4 Å². The third-order valence-electron chi connectivity index (χ3n) is 4.93. The summed E-state index contributed by atoms with van der Waals surface area (Å²) in [7, 11) is -3.51. The van der Waals surface area contributed by atoms with Crippen LogP contribution in [0.5, 0.6) is 5.75 Å². The van der Waals surface area contributed by atoms with E-state index in [1.165, 1.54) is 12.1 Å². The number of halogens is 1. The fourth-order valence-electron chi connectivity index (χ4n) is 3.17. The molecule has 0 unspecified atom stereocenters. The molecule has 1 heterocycles. The smallest absolute Gasteiger partial charge is 0.260 e. The first-order valence-corrected chi connectivity index (χ1v) is 11.6. The summed E-state index contributed by atoms with van der Waals surface area (Å²) in [5.74, 6) is -0.0406. The summed E-state index contributed by atoms with van der Waals surface area (Å²) < 4.78 is 30.1. The van der Waals surface area contributed by atoms with Crippen LogP contribution in [-0.2, 0) is 14.6 Å². The molecule has 0 bridgehead atoms. The van der Waals surface area contributed by atoms with Gasteiger partial charge in [0.05, 0.1) is 16.2 Å². The van der Waals surface area contributed by atoms with E-state index in [1.807, 2.05) is 0 Å². The van der Waals surface area contributed by atoms with Gasteiger partial charge in [-0.15, -0.1) is 0 Å². The van der Waals surface area contributed by atoms with Gasteiger partial charge in [0.25, 0.3) is 11.8 Å². The lowest BCUT2D eigenvalue weighted by molar-refractivity contribution is -0.134. The zero-order valence-corrected chi connectivity index (χ0v) is 18.2. The van der Waals surface area contributed by atoms with Gasteiger partial charge in [0, 0.05) is 31.2 Å². The summed E-state index contributed by atoms with van der Waals surface area (Å²) in [5, 5.41) is 0.586. The average Bonchev–Trinajstić information content (AvgIpc) is 2.78. The van der Waals surface area contributed by atoms with Gasteiger partial charge in [-0.05, 0) is 36.4 Å². The van der Waals surface area contributed by atoms with E-state index in [1.54, 1.807) is 53.1 Å². The molecule has 0 radical (unpaired) electrons. The van der Waals surface area contributed by atoms with Gasteiger partial charge in [0.2, 0.25) is 0 Å². The maximum absolute atomic E-state index is 12.9. The van der Waals surface area contributed by atoms with Crippen molar-refractivity contribution in [1.29, 1.82) is 0 Å². The van der Waals surface area contributed by atoms with Crippen molar-refractivity contribution in [2.75, 3.05) is 38.5 Å². The predicted octanol–water partition coefficient (Wildman–Crippen LogP) is 2.50. The molecule has 0 saturated carbocycles. The van der Waals surface area contributed by atoms with Gasteiger partial charge < -0.3 is 14.5 Å². The number of sulfone groups is 1. The number of piperazine rings is 1. The first-order chi connectivity index (χ1) is 14.3. The molecule has 3 rings (SSSR count). The Hall–Kier alpha value is -2.58. The molecule has 1 aliphatic heterocycles. The normalized spacial score (nSPS) is 14.5. The summed E-state index contributed by atoms with van der Waals surface area (Å²) in [6.07, 6.45) is 0. The van der Waals surface area contributed by atoms with Crippen LogP contribution in [-0.4, -0.2) is 68.6 Å². The maximum atomic E-state index is 12.9. The Labute approximate surface area is 181 Å². The monoisotopic (exact) mass is 450 g/mol. The molecule has 0 spiro atoms. The van der Waals surface area contributed by atoms with Crippen molar-refractivity contribution in [3.8, 4) is 5.75 Å². The number of benzene rings is 2. The summed E-state index contributed by atoms with van der Waals surface area (Å²) in [6.45, 7) is 2.81. The van der Waals surface area contributed by atoms with Crippen molar-refractivity contribution in [2.45, 2.75) is 11.8 Å². The van der Waals surface area contributed by atoms with E-state index in [0.717, 1.165) is 0 Å². The average molecular weight is 451 g/mol. The zero-order chi connectivity index (χ0) is 21.7. The summed E-state index contributed by atoms with van der Waals surface area (Å²) in [6, 6.07) is 13.0. The molecule has 2 aromatic carbocycles. The molecular weight excluding hydrogens is 428 g/mol. The molecule has 0 aliphatic carbocycles. The molecular formula is C21H23ClN2O5S. The van der Waals surface area contributed by atoms with Crippen LogP contribution >= 0.6 is 11.6 Å². The van der Waals surface area contributed by atoms with E-state index in [2.05, 4.69) is 0 Å². The van der Waals surface area contributed by atoms with E-state index < -0.39 is 9.84 Å². The van der Waals surface area contributed by atoms with Crippen molar-refractivity contribution in [1.82, 2.24) is 9.80 Å². The number of hydrogen-bond acceptors (Lipinski definition) is 5. The number of rotatable bonds is 6. The Kier molecular flexibility index (Phi) is 6.99. The number of hydrogen-bond donors (Lipinski definition) is 0. The van der Waals surface area contributed by atoms with Crippen LogP contribution < -0.4 is 4.74 Å². The van der Waals surface area contributed by atoms with Gasteiger partial charge in [-0.3, -0.25) is 9.59 Å². The second-order valence-corrected chi connectivity index (χ2v) is 9.50. The summed E-state index contributed by atoms with van der Waals surface area (Å²) in [4.78, 5) is 28.6. The standard InChI is InChI=1S/C21H23ClN2O5S/c1-2-30(27,28)19-6-4-3-5-18(19)21(26)24-13-11-23(12-14-24)20(25)15-29-17-9-7-16(22)8-10-17/h3-10H,2,11-15H2,1H3. The minimum Gasteiger partial charge on any atom is -0.484 e. The highest BCUT2D eigenvalue weighted by atomic mass is 35.5. The van der Waals surface area contributed by atoms with Crippen LogP contribution in [0.25, 0.3) is 0 Å². The molecule has 1 saturated heterocycles. The third kappa shape index (κ3) is 5.12. The van der Waals surface area contributed by atoms with E-state index in [0.29, 0.717) is 37.0 Å². The first kappa shape index (κ1) is 22.1. The molecule has 160 valence electrons. The number of nitrogens with zero attached hydrogens (tertiary/aromatic N) is 2. The molecule has 30 heavy (non-hydrogen) atoms. The van der Waals surface area contributed by atoms with Crippen molar-refractivity contribution < 1.29 is 22.7 Å². The van der Waals surface area contributed by atoms with Gasteiger partial charge in [-0.1, -0.05) is 30.7 Å². The van der Waals surface area contributed by atoms with Crippen LogP contribution in [0, 0.1) is 0 Å². The molecule has 0 atom stereocenters. The zero-order valence-electron chi connectivity index (χ0n) is 16.6. The Balaban J connectivity index is 1.58. The number of amides is 2. The number of ether oxygens (including phenoxy) is 1. The van der Waals surface area contributed by atoms with Crippen molar-refractivity contribution in [3.63, 3.8) is 0 Å². The van der Waals surface area contributed by atoms with E-state index in [-0.39, 0.29) is 34.6 Å². The Morgan fingerprint density at radius 2 is 1.57 bits per heavy atom. The summed E-state index contributed by atoms with van der Waals surface area (Å²) >= 11 is 5.83. The molecule has 9 heteroatoms. The Morgan fingerprint density at radius 1 is 0.967 bits per heavy atom. The van der Waals surface area contributed by atoms with Crippen molar-refractivity contribution in [3.05, 3.63) is 59.1 Å². The van der Waals surface area contributed by atoms with E-state index in [4.69, 9.17) is 16.3 Å². The molecule has 7 nitrogen and oxygen atoms in total. The topological polar surface area (TPSA) is 84.0 Å². The van der Waals surface area contributed by atoms with Crippen LogP contribution in [0.2, 0.25) is 5.02 Å². The number of carbonyl (C=O) groups is 2. The number of carbonyl (C=O) groups excluding carboxylic acids is 2. The Bertz CT molecular complexity index is 1020. The van der Waals surface area contributed by atoms with Crippen molar-refractivity contribution in [2.24, 2.45) is 0 Å². The lowest BCUT2D eigenvalue weighted by atomic mass is 10.2. The van der Waals surface area contributed by atoms with Crippen molar-refractivity contribution >= 4 is 33.3 Å². The maximum Gasteiger partial charge on any atom is 0.260 e. The van der Waals surface area contributed by atoms with Gasteiger partial charge in [-0.2, -0.15) is 0 Å². The van der Waals surface area contributed by atoms with Gasteiger partial charge in [0.1, 0.15) is 5.75 Å². The van der Waals surface area contributed by atoms with Crippen LogP contribution in [0.1, 0.15) is 17.3 Å². The quantitative estimate of drug-likeness (QED) is 0.675. The lowest BCUT2D eigenvalue weighted by Crippen LogP contribution is -2.51. The molecule has 2 amide bonds. The molecule has 1 fully saturated rings. The van der Waals surface area contributed by atoms with Crippen LogP contribution in [0.4, 0.5) is 0 Å². The molecule has 0 aromatic heterocycles. The highest BCUT2D eigenvalue weighted by molar-refractivity contribution is 7.91. The van der Waals surface area contributed by atoms with E-state index >= 15 is 0 Å². The predicted molar refractivity (Wildman–Crippen MR) is 114 cm³/mol. The fraction of sp³-hybridized carbons (Fsp3) is 0.333. The van der Waals surface area contributed by atoms with Crippen LogP contribution in [0.3, 0.4) is 0 Å². The second kappa shape index (κ2) is 9.49. The highest BCUT2D eigenvalue weighted by Crippen LogP contribution is 2.20. The second-order valence-electron chi connectivity index (χ2n) is 6.82. The highest BCUT2D eigenvalue weighted by Gasteiger charge is 2.28. The Morgan fingerprint density at radius 3 is 2.20 bits per heavy atom. The molecule has 2 aromatic rings. The SMILES string of the molecule is CCS(=O)(=O)c1ccccc1C(=O)N1CCN(C(=O)COc2ccc(Cl)cc2)CC1. The lowest BCUT2D eigenvalue weighted by Gasteiger charge is -2.35. The van der Waals surface area contributed by atoms with E-state index in [9.17, 15) is 18.0 Å². The molecule has 1 aliphatic rings. The van der Waals surface area contributed by atoms with Gasteiger partial charge in [-0.25, -0.2) is 8.42 Å². The summed E-state index contributed by atoms with van der Waals surface area (Å²) in [5.41, 5.74) is 0.171. The largest absolute Gasteiger partial charge is 0.484 e. The first-order valence-electron chi connectivity index (χ1n) is 9.59. The van der Waals surface area contributed by atoms with Crippen LogP contribution in [0.15, 0.2) is 53.4 Å². The minimum absolute atomic E-state index is 0.0485. The van der Waals surface area contributed by atoms with Gasteiger partial charge >= 0.3 is 0 Å². The minimum atomic E-state index is -3.51. The molecule has 0 N–H and O–H groups in total. The fourth-order valence-corrected chi connectivity index (χ4v) is 4.38.